The Labute approximate surface area is 138 Å². The number of carboxylic acid groups (broad SMARTS) is 1. The van der Waals surface area contributed by atoms with Crippen LogP contribution < -0.4 is 0 Å². The van der Waals surface area contributed by atoms with Crippen molar-refractivity contribution in [3.05, 3.63) is 0 Å². The van der Waals surface area contributed by atoms with Crippen molar-refractivity contribution in [3.63, 3.8) is 0 Å². The van der Waals surface area contributed by atoms with Crippen molar-refractivity contribution in [2.24, 2.45) is 11.8 Å². The Hall–Kier alpha value is -1.30. The summed E-state index contributed by atoms with van der Waals surface area (Å²) in [5, 5.41) is 9.31. The Balaban J connectivity index is 2.03. The summed E-state index contributed by atoms with van der Waals surface area (Å²) in [6.07, 6.45) is 0.805. The smallest absolute Gasteiger partial charge is 0.410 e. The number of amides is 1. The van der Waals surface area contributed by atoms with Crippen molar-refractivity contribution < 1.29 is 19.4 Å². The van der Waals surface area contributed by atoms with Gasteiger partial charge in [-0.1, -0.05) is 13.8 Å². The molecule has 0 aromatic rings. The fourth-order valence-electron chi connectivity index (χ4n) is 3.52. The molecule has 2 aliphatic rings. The second kappa shape index (κ2) is 6.30. The summed E-state index contributed by atoms with van der Waals surface area (Å²) in [4.78, 5) is 27.4. The first-order chi connectivity index (χ1) is 10.5. The second-order valence-electron chi connectivity index (χ2n) is 8.32. The number of carbonyl (C=O) groups is 2. The van der Waals surface area contributed by atoms with E-state index in [0.717, 1.165) is 19.5 Å². The van der Waals surface area contributed by atoms with E-state index in [2.05, 4.69) is 18.7 Å². The third-order valence-electron chi connectivity index (χ3n) is 5.11. The maximum atomic E-state index is 12.2. The molecule has 2 aliphatic heterocycles. The van der Waals surface area contributed by atoms with Crippen LogP contribution in [0.15, 0.2) is 0 Å². The number of piperidine rings is 1. The van der Waals surface area contributed by atoms with Gasteiger partial charge < -0.3 is 14.7 Å². The van der Waals surface area contributed by atoms with Crippen molar-refractivity contribution in [2.45, 2.75) is 58.6 Å². The van der Waals surface area contributed by atoms with Gasteiger partial charge in [0.1, 0.15) is 5.60 Å². The lowest BCUT2D eigenvalue weighted by molar-refractivity contribution is -0.147. The Morgan fingerprint density at radius 1 is 1.22 bits per heavy atom. The highest BCUT2D eigenvalue weighted by molar-refractivity contribution is 5.73. The lowest BCUT2D eigenvalue weighted by atomic mass is 9.79. The number of hydrogen-bond acceptors (Lipinski definition) is 4. The van der Waals surface area contributed by atoms with Gasteiger partial charge in [-0.2, -0.15) is 0 Å². The molecule has 2 fully saturated rings. The first-order valence-corrected chi connectivity index (χ1v) is 8.47. The summed E-state index contributed by atoms with van der Waals surface area (Å²) in [6.45, 7) is 12.7. The van der Waals surface area contributed by atoms with Gasteiger partial charge in [-0.05, 0) is 45.6 Å². The number of aliphatic carboxylic acids is 1. The molecule has 0 aliphatic carbocycles. The fraction of sp³-hybridized carbons (Fsp3) is 0.882. The van der Waals surface area contributed by atoms with Crippen LogP contribution in [-0.4, -0.2) is 64.3 Å². The molecule has 2 unspecified atom stereocenters. The maximum absolute atomic E-state index is 12.2. The number of carboxylic acids is 1. The standard InChI is InChI=1S/C17H30N2O4/c1-12-6-7-19(9-13(12)2)17(8-14(20)21)10-18(11-17)15(22)23-16(3,4)5/h12-13H,6-11H2,1-5H3,(H,20,21). The van der Waals surface area contributed by atoms with E-state index >= 15 is 0 Å². The van der Waals surface area contributed by atoms with Crippen LogP contribution in [0.5, 0.6) is 0 Å². The number of hydrogen-bond donors (Lipinski definition) is 1. The Morgan fingerprint density at radius 3 is 2.30 bits per heavy atom. The SMILES string of the molecule is CC1CCN(C2(CC(=O)O)CN(C(=O)OC(C)(C)C)C2)CC1C. The van der Waals surface area contributed by atoms with Gasteiger partial charge in [0.2, 0.25) is 0 Å². The first-order valence-electron chi connectivity index (χ1n) is 8.47. The maximum Gasteiger partial charge on any atom is 0.410 e. The third-order valence-corrected chi connectivity index (χ3v) is 5.11. The molecule has 0 radical (unpaired) electrons. The van der Waals surface area contributed by atoms with E-state index in [9.17, 15) is 14.7 Å². The van der Waals surface area contributed by atoms with Crippen LogP contribution in [0.25, 0.3) is 0 Å². The van der Waals surface area contributed by atoms with Crippen LogP contribution in [0.3, 0.4) is 0 Å². The number of ether oxygens (including phenoxy) is 1. The summed E-state index contributed by atoms with van der Waals surface area (Å²) >= 11 is 0. The molecule has 6 heteroatoms. The molecule has 2 atom stereocenters. The highest BCUT2D eigenvalue weighted by Gasteiger charge is 2.52. The first kappa shape index (κ1) is 18.0. The van der Waals surface area contributed by atoms with Crippen molar-refractivity contribution in [2.75, 3.05) is 26.2 Å². The number of likely N-dealkylation sites (tertiary alicyclic amines) is 2. The summed E-state index contributed by atoms with van der Waals surface area (Å²) in [6, 6.07) is 0. The van der Waals surface area contributed by atoms with Crippen molar-refractivity contribution in [1.82, 2.24) is 9.80 Å². The Morgan fingerprint density at radius 2 is 1.83 bits per heavy atom. The highest BCUT2D eigenvalue weighted by Crippen LogP contribution is 2.37. The molecule has 0 saturated carbocycles. The molecule has 1 N–H and O–H groups in total. The minimum Gasteiger partial charge on any atom is -0.481 e. The minimum atomic E-state index is -0.805. The monoisotopic (exact) mass is 326 g/mol. The lowest BCUT2D eigenvalue weighted by Crippen LogP contribution is -2.73. The topological polar surface area (TPSA) is 70.1 Å². The van der Waals surface area contributed by atoms with Crippen molar-refractivity contribution >= 4 is 12.1 Å². The quantitative estimate of drug-likeness (QED) is 0.862. The van der Waals surface area contributed by atoms with E-state index in [4.69, 9.17) is 4.74 Å². The van der Waals surface area contributed by atoms with Crippen LogP contribution in [0.2, 0.25) is 0 Å². The Kier molecular flexibility index (Phi) is 4.95. The zero-order valence-electron chi connectivity index (χ0n) is 15.0. The highest BCUT2D eigenvalue weighted by atomic mass is 16.6. The van der Waals surface area contributed by atoms with Crippen LogP contribution in [-0.2, 0) is 9.53 Å². The molecule has 6 nitrogen and oxygen atoms in total. The summed E-state index contributed by atoms with van der Waals surface area (Å²) in [7, 11) is 0. The summed E-state index contributed by atoms with van der Waals surface area (Å²) < 4.78 is 5.39. The molecule has 2 saturated heterocycles. The van der Waals surface area contributed by atoms with E-state index in [0.29, 0.717) is 24.9 Å². The molecule has 23 heavy (non-hydrogen) atoms. The normalized spacial score (nSPS) is 28.1. The number of nitrogens with zero attached hydrogens (tertiary/aromatic N) is 2. The van der Waals surface area contributed by atoms with E-state index in [1.165, 1.54) is 0 Å². The number of carbonyl (C=O) groups excluding carboxylic acids is 1. The largest absolute Gasteiger partial charge is 0.481 e. The Bertz CT molecular complexity index is 466. The molecule has 132 valence electrons. The van der Waals surface area contributed by atoms with Crippen LogP contribution in [0.1, 0.15) is 47.5 Å². The molecular formula is C17H30N2O4. The summed E-state index contributed by atoms with van der Waals surface area (Å²) in [5.41, 5.74) is -0.964. The molecule has 2 heterocycles. The van der Waals surface area contributed by atoms with Crippen LogP contribution in [0.4, 0.5) is 4.79 Å². The zero-order valence-corrected chi connectivity index (χ0v) is 15.0. The van der Waals surface area contributed by atoms with Crippen molar-refractivity contribution in [1.29, 1.82) is 0 Å². The molecule has 0 aromatic heterocycles. The van der Waals surface area contributed by atoms with Gasteiger partial charge in [0.15, 0.2) is 0 Å². The zero-order chi connectivity index (χ0) is 17.4. The summed E-state index contributed by atoms with van der Waals surface area (Å²) in [5.74, 6) is 0.403. The number of rotatable bonds is 3. The van der Waals surface area contributed by atoms with Gasteiger partial charge in [0, 0.05) is 19.6 Å². The van der Waals surface area contributed by atoms with E-state index < -0.39 is 17.1 Å². The predicted molar refractivity (Wildman–Crippen MR) is 87.3 cm³/mol. The lowest BCUT2D eigenvalue weighted by Gasteiger charge is -2.57. The molecule has 1 amide bonds. The second-order valence-corrected chi connectivity index (χ2v) is 8.32. The van der Waals surface area contributed by atoms with Crippen molar-refractivity contribution in [3.8, 4) is 0 Å². The van der Waals surface area contributed by atoms with E-state index in [1.807, 2.05) is 20.8 Å². The van der Waals surface area contributed by atoms with Crippen LogP contribution in [0, 0.1) is 11.8 Å². The molecule has 0 spiro atoms. The van der Waals surface area contributed by atoms with Gasteiger partial charge in [-0.25, -0.2) is 4.79 Å². The van der Waals surface area contributed by atoms with Gasteiger partial charge in [-0.3, -0.25) is 9.69 Å². The van der Waals surface area contributed by atoms with Gasteiger partial charge in [0.05, 0.1) is 12.0 Å². The molecule has 0 bridgehead atoms. The average Bonchev–Trinajstić information content (AvgIpc) is 2.34. The fourth-order valence-corrected chi connectivity index (χ4v) is 3.52. The third kappa shape index (κ3) is 4.16. The van der Waals surface area contributed by atoms with Gasteiger partial charge in [-0.15, -0.1) is 0 Å². The molecule has 2 rings (SSSR count). The molecule has 0 aromatic carbocycles. The average molecular weight is 326 g/mol. The van der Waals surface area contributed by atoms with Crippen LogP contribution >= 0.6 is 0 Å². The molecular weight excluding hydrogens is 296 g/mol. The predicted octanol–water partition coefficient (Wildman–Crippen LogP) is 2.43. The van der Waals surface area contributed by atoms with E-state index in [-0.39, 0.29) is 12.5 Å². The van der Waals surface area contributed by atoms with E-state index in [1.54, 1.807) is 4.90 Å². The van der Waals surface area contributed by atoms with Gasteiger partial charge >= 0.3 is 12.1 Å². The van der Waals surface area contributed by atoms with Gasteiger partial charge in [0.25, 0.3) is 0 Å². The minimum absolute atomic E-state index is 0.0768.